The lowest BCUT2D eigenvalue weighted by atomic mass is 10.2. The number of nitrogens with one attached hydrogen (secondary N) is 1. The van der Waals surface area contributed by atoms with Gasteiger partial charge in [-0.1, -0.05) is 11.2 Å². The molecule has 14 heavy (non-hydrogen) atoms. The second-order valence-corrected chi connectivity index (χ2v) is 2.75. The van der Waals surface area contributed by atoms with Crippen molar-refractivity contribution < 1.29 is 9.21 Å². The first kappa shape index (κ1) is 10.4. The van der Waals surface area contributed by atoms with E-state index in [1.165, 1.54) is 0 Å². The molecule has 1 aromatic heterocycles. The van der Waals surface area contributed by atoms with Crippen molar-refractivity contribution >= 4 is 11.9 Å². The SMILES string of the molecule is C=CCC(N)C(=O)Nc1nnc(C)o1. The molecule has 0 aliphatic heterocycles. The molecule has 6 nitrogen and oxygen atoms in total. The highest BCUT2D eigenvalue weighted by molar-refractivity contribution is 5.92. The first-order chi connectivity index (χ1) is 6.63. The standard InChI is InChI=1S/C8H12N4O2/c1-3-4-6(9)7(13)10-8-12-11-5(2)14-8/h3,6H,1,4,9H2,2H3,(H,10,12,13). The summed E-state index contributed by atoms with van der Waals surface area (Å²) in [6, 6.07) is -0.577. The summed E-state index contributed by atoms with van der Waals surface area (Å²) in [6.45, 7) is 5.11. The maximum absolute atomic E-state index is 11.3. The van der Waals surface area contributed by atoms with Crippen molar-refractivity contribution in [3.8, 4) is 0 Å². The van der Waals surface area contributed by atoms with E-state index in [0.29, 0.717) is 12.3 Å². The summed E-state index contributed by atoms with van der Waals surface area (Å²) >= 11 is 0. The maximum Gasteiger partial charge on any atom is 0.322 e. The van der Waals surface area contributed by atoms with Crippen LogP contribution in [-0.2, 0) is 4.79 Å². The first-order valence-corrected chi connectivity index (χ1v) is 4.11. The molecule has 1 amide bonds. The van der Waals surface area contributed by atoms with Crippen LogP contribution in [0.3, 0.4) is 0 Å². The molecule has 1 aromatic rings. The van der Waals surface area contributed by atoms with E-state index in [9.17, 15) is 4.79 Å². The van der Waals surface area contributed by atoms with Gasteiger partial charge in [-0.2, -0.15) is 0 Å². The van der Waals surface area contributed by atoms with Crippen molar-refractivity contribution in [3.05, 3.63) is 18.5 Å². The average Bonchev–Trinajstić information content (AvgIpc) is 2.51. The summed E-state index contributed by atoms with van der Waals surface area (Å²) in [6.07, 6.45) is 1.97. The molecular formula is C8H12N4O2. The van der Waals surface area contributed by atoms with Crippen LogP contribution in [0, 0.1) is 6.92 Å². The van der Waals surface area contributed by atoms with Crippen LogP contribution in [0.25, 0.3) is 0 Å². The Morgan fingerprint density at radius 2 is 2.50 bits per heavy atom. The van der Waals surface area contributed by atoms with E-state index in [-0.39, 0.29) is 11.9 Å². The number of rotatable bonds is 4. The molecule has 76 valence electrons. The Kier molecular flexibility index (Phi) is 3.35. The molecule has 0 aromatic carbocycles. The zero-order valence-corrected chi connectivity index (χ0v) is 7.86. The minimum absolute atomic E-state index is 0.0620. The molecule has 0 saturated heterocycles. The Bertz CT molecular complexity index is 334. The fraction of sp³-hybridized carbons (Fsp3) is 0.375. The summed E-state index contributed by atoms with van der Waals surface area (Å²) < 4.78 is 4.95. The fourth-order valence-electron chi connectivity index (χ4n) is 0.832. The summed E-state index contributed by atoms with van der Waals surface area (Å²) in [5, 5.41) is 9.55. The molecule has 1 rings (SSSR count). The normalized spacial score (nSPS) is 12.1. The molecule has 6 heteroatoms. The zero-order valence-electron chi connectivity index (χ0n) is 7.86. The van der Waals surface area contributed by atoms with Crippen LogP contribution in [-0.4, -0.2) is 22.1 Å². The van der Waals surface area contributed by atoms with Crippen LogP contribution >= 0.6 is 0 Å². The Balaban J connectivity index is 2.52. The van der Waals surface area contributed by atoms with Gasteiger partial charge in [-0.3, -0.25) is 10.1 Å². The van der Waals surface area contributed by atoms with E-state index in [1.807, 2.05) is 0 Å². The van der Waals surface area contributed by atoms with Crippen LogP contribution in [0.15, 0.2) is 17.1 Å². The van der Waals surface area contributed by atoms with Gasteiger partial charge in [-0.25, -0.2) is 0 Å². The van der Waals surface area contributed by atoms with Crippen molar-refractivity contribution in [2.75, 3.05) is 5.32 Å². The van der Waals surface area contributed by atoms with Crippen molar-refractivity contribution in [2.24, 2.45) is 5.73 Å². The monoisotopic (exact) mass is 196 g/mol. The van der Waals surface area contributed by atoms with Crippen LogP contribution in [0.5, 0.6) is 0 Å². The maximum atomic E-state index is 11.3. The number of hydrogen-bond donors (Lipinski definition) is 2. The number of aromatic nitrogens is 2. The summed E-state index contributed by atoms with van der Waals surface area (Å²) in [5.74, 6) is 0.0196. The molecule has 0 aliphatic carbocycles. The zero-order chi connectivity index (χ0) is 10.6. The molecule has 0 fully saturated rings. The van der Waals surface area contributed by atoms with E-state index < -0.39 is 6.04 Å². The van der Waals surface area contributed by atoms with Gasteiger partial charge >= 0.3 is 6.01 Å². The lowest BCUT2D eigenvalue weighted by Gasteiger charge is -2.06. The number of aryl methyl sites for hydroxylation is 1. The molecule has 0 radical (unpaired) electrons. The third-order valence-corrected chi connectivity index (χ3v) is 1.51. The minimum Gasteiger partial charge on any atom is -0.408 e. The van der Waals surface area contributed by atoms with Crippen LogP contribution in [0.4, 0.5) is 6.01 Å². The van der Waals surface area contributed by atoms with Gasteiger partial charge in [-0.05, 0) is 6.42 Å². The summed E-state index contributed by atoms with van der Waals surface area (Å²) in [5.41, 5.74) is 5.51. The van der Waals surface area contributed by atoms with Crippen molar-refractivity contribution in [2.45, 2.75) is 19.4 Å². The Labute approximate surface area is 81.2 Å². The first-order valence-electron chi connectivity index (χ1n) is 4.11. The summed E-state index contributed by atoms with van der Waals surface area (Å²) in [4.78, 5) is 11.3. The van der Waals surface area contributed by atoms with E-state index in [2.05, 4.69) is 22.1 Å². The van der Waals surface area contributed by atoms with Gasteiger partial charge in [0.2, 0.25) is 11.8 Å². The quantitative estimate of drug-likeness (QED) is 0.672. The van der Waals surface area contributed by atoms with E-state index in [1.54, 1.807) is 13.0 Å². The van der Waals surface area contributed by atoms with E-state index >= 15 is 0 Å². The number of hydrogen-bond acceptors (Lipinski definition) is 5. The lowest BCUT2D eigenvalue weighted by molar-refractivity contribution is -0.117. The van der Waals surface area contributed by atoms with Gasteiger partial charge in [0, 0.05) is 6.92 Å². The van der Waals surface area contributed by atoms with Gasteiger partial charge < -0.3 is 10.2 Å². The Hall–Kier alpha value is -1.69. The smallest absolute Gasteiger partial charge is 0.322 e. The van der Waals surface area contributed by atoms with Gasteiger partial charge in [0.15, 0.2) is 0 Å². The predicted molar refractivity (Wildman–Crippen MR) is 50.5 cm³/mol. The van der Waals surface area contributed by atoms with Crippen molar-refractivity contribution in [3.63, 3.8) is 0 Å². The Morgan fingerprint density at radius 3 is 3.00 bits per heavy atom. The number of anilines is 1. The number of carbonyl (C=O) groups is 1. The van der Waals surface area contributed by atoms with Crippen LogP contribution < -0.4 is 11.1 Å². The highest BCUT2D eigenvalue weighted by atomic mass is 16.4. The van der Waals surface area contributed by atoms with Gasteiger partial charge in [0.1, 0.15) is 0 Å². The minimum atomic E-state index is -0.639. The molecule has 1 unspecified atom stereocenters. The van der Waals surface area contributed by atoms with Crippen molar-refractivity contribution in [1.29, 1.82) is 0 Å². The van der Waals surface area contributed by atoms with Gasteiger partial charge in [-0.15, -0.1) is 11.7 Å². The molecule has 0 bridgehead atoms. The number of nitrogens with zero attached hydrogens (tertiary/aromatic N) is 2. The van der Waals surface area contributed by atoms with Crippen LogP contribution in [0.1, 0.15) is 12.3 Å². The average molecular weight is 196 g/mol. The third-order valence-electron chi connectivity index (χ3n) is 1.51. The molecule has 0 aliphatic rings. The highest BCUT2D eigenvalue weighted by Gasteiger charge is 2.14. The lowest BCUT2D eigenvalue weighted by Crippen LogP contribution is -2.35. The second-order valence-electron chi connectivity index (χ2n) is 2.75. The van der Waals surface area contributed by atoms with Crippen molar-refractivity contribution in [1.82, 2.24) is 10.2 Å². The largest absolute Gasteiger partial charge is 0.408 e. The molecule has 3 N–H and O–H groups in total. The second kappa shape index (κ2) is 4.52. The molecule has 1 atom stereocenters. The highest BCUT2D eigenvalue weighted by Crippen LogP contribution is 2.04. The van der Waals surface area contributed by atoms with E-state index in [0.717, 1.165) is 0 Å². The number of nitrogens with two attached hydrogens (primary N) is 1. The third kappa shape index (κ3) is 2.67. The predicted octanol–water partition coefficient (Wildman–Crippen LogP) is 0.220. The molecular weight excluding hydrogens is 184 g/mol. The molecule has 0 saturated carbocycles. The Morgan fingerprint density at radius 1 is 1.79 bits per heavy atom. The molecule has 0 spiro atoms. The topological polar surface area (TPSA) is 94.0 Å². The van der Waals surface area contributed by atoms with Gasteiger partial charge in [0.25, 0.3) is 0 Å². The summed E-state index contributed by atoms with van der Waals surface area (Å²) in [7, 11) is 0. The van der Waals surface area contributed by atoms with E-state index in [4.69, 9.17) is 10.2 Å². The number of amides is 1. The van der Waals surface area contributed by atoms with Crippen LogP contribution in [0.2, 0.25) is 0 Å². The fourth-order valence-corrected chi connectivity index (χ4v) is 0.832. The van der Waals surface area contributed by atoms with Gasteiger partial charge in [0.05, 0.1) is 6.04 Å². The number of carbonyl (C=O) groups excluding carboxylic acids is 1. The molecule has 1 heterocycles.